The van der Waals surface area contributed by atoms with Gasteiger partial charge in [-0.05, 0) is 18.2 Å². The fourth-order valence-corrected chi connectivity index (χ4v) is 4.93. The van der Waals surface area contributed by atoms with Crippen LogP contribution in [0.5, 0.6) is 0 Å². The Hall–Kier alpha value is -3.67. The van der Waals surface area contributed by atoms with E-state index in [4.69, 9.17) is 0 Å². The minimum Gasteiger partial charge on any atom is -0.349 e. The van der Waals surface area contributed by atoms with Crippen LogP contribution in [0.4, 0.5) is 11.5 Å². The molecule has 1 amide bonds. The molecule has 32 heavy (non-hydrogen) atoms. The number of carbonyl (C=O) groups is 1. The molecule has 12 heteroatoms. The average molecular weight is 501 g/mol. The lowest BCUT2D eigenvalue weighted by atomic mass is 9.79. The molecule has 1 spiro atoms. The van der Waals surface area contributed by atoms with Gasteiger partial charge in [-0.1, -0.05) is 15.9 Å². The predicted molar refractivity (Wildman–Crippen MR) is 120 cm³/mol. The molecule has 0 fully saturated rings. The van der Waals surface area contributed by atoms with E-state index < -0.39 is 33.9 Å². The highest BCUT2D eigenvalue weighted by Crippen LogP contribution is 2.49. The maximum atomic E-state index is 13.5. The Morgan fingerprint density at radius 2 is 1.47 bits per heavy atom. The zero-order chi connectivity index (χ0) is 23.3. The van der Waals surface area contributed by atoms with E-state index in [1.807, 2.05) is 0 Å². The summed E-state index contributed by atoms with van der Waals surface area (Å²) in [4.78, 5) is 65.7. The van der Waals surface area contributed by atoms with Gasteiger partial charge in [0.1, 0.15) is 11.4 Å². The van der Waals surface area contributed by atoms with E-state index in [-0.39, 0.29) is 22.6 Å². The Morgan fingerprint density at radius 3 is 2.16 bits per heavy atom. The SMILES string of the molecule is Cn1c2c(c(=O)n(C)c1=O)-c1c(c(=O)n(C)c(=O)n1C)C1(N2)C(=O)Nc2ccc(Br)cc21. The summed E-state index contributed by atoms with van der Waals surface area (Å²) in [5.41, 5.74) is -3.70. The molecule has 1 aromatic carbocycles. The van der Waals surface area contributed by atoms with Crippen LogP contribution in [-0.4, -0.2) is 24.2 Å². The number of nitrogens with zero attached hydrogens (tertiary/aromatic N) is 4. The van der Waals surface area contributed by atoms with Crippen molar-refractivity contribution in [3.8, 4) is 11.3 Å². The minimum atomic E-state index is -1.77. The van der Waals surface area contributed by atoms with Crippen LogP contribution in [0.25, 0.3) is 11.3 Å². The van der Waals surface area contributed by atoms with Gasteiger partial charge in [0.15, 0.2) is 5.54 Å². The fourth-order valence-electron chi connectivity index (χ4n) is 4.57. The van der Waals surface area contributed by atoms with E-state index in [9.17, 15) is 24.0 Å². The lowest BCUT2D eigenvalue weighted by molar-refractivity contribution is -0.118. The maximum Gasteiger partial charge on any atom is 0.332 e. The zero-order valence-corrected chi connectivity index (χ0v) is 19.0. The molecule has 1 unspecified atom stereocenters. The van der Waals surface area contributed by atoms with Gasteiger partial charge in [0.25, 0.3) is 17.0 Å². The third kappa shape index (κ3) is 2.17. The number of amides is 1. The van der Waals surface area contributed by atoms with E-state index in [1.165, 1.54) is 32.8 Å². The Labute approximate surface area is 187 Å². The Bertz CT molecular complexity index is 1640. The molecule has 4 heterocycles. The first-order chi connectivity index (χ1) is 15.0. The number of carbonyl (C=O) groups excluding carboxylic acids is 1. The number of anilines is 2. The molecule has 164 valence electrons. The summed E-state index contributed by atoms with van der Waals surface area (Å²) in [6.07, 6.45) is 0. The van der Waals surface area contributed by atoms with E-state index >= 15 is 0 Å². The van der Waals surface area contributed by atoms with Crippen LogP contribution in [0.1, 0.15) is 11.1 Å². The monoisotopic (exact) mass is 500 g/mol. The predicted octanol–water partition coefficient (Wildman–Crippen LogP) is -0.468. The summed E-state index contributed by atoms with van der Waals surface area (Å²) in [7, 11) is 5.48. The fraction of sp³-hybridized carbons (Fsp3) is 0.250. The van der Waals surface area contributed by atoms with Gasteiger partial charge >= 0.3 is 11.4 Å². The average Bonchev–Trinajstić information content (AvgIpc) is 3.03. The molecule has 1 atom stereocenters. The molecule has 0 radical (unpaired) electrons. The molecule has 0 saturated heterocycles. The molecule has 2 aromatic heterocycles. The van der Waals surface area contributed by atoms with Gasteiger partial charge in [-0.2, -0.15) is 0 Å². The number of aromatic nitrogens is 4. The second kappa shape index (κ2) is 6.19. The van der Waals surface area contributed by atoms with Gasteiger partial charge in [0.2, 0.25) is 0 Å². The van der Waals surface area contributed by atoms with Crippen LogP contribution in [0.2, 0.25) is 0 Å². The summed E-state index contributed by atoms with van der Waals surface area (Å²) in [5, 5.41) is 5.81. The number of hydrogen-bond acceptors (Lipinski definition) is 6. The van der Waals surface area contributed by atoms with E-state index in [0.717, 1.165) is 13.7 Å². The van der Waals surface area contributed by atoms with Gasteiger partial charge in [0.05, 0.1) is 11.3 Å². The number of hydrogen-bond donors (Lipinski definition) is 2. The van der Waals surface area contributed by atoms with Crippen molar-refractivity contribution >= 4 is 33.3 Å². The minimum absolute atomic E-state index is 0.00831. The molecule has 3 aromatic rings. The molecular weight excluding hydrogens is 484 g/mol. The normalized spacial score (nSPS) is 18.1. The van der Waals surface area contributed by atoms with Crippen molar-refractivity contribution in [2.45, 2.75) is 5.54 Å². The van der Waals surface area contributed by atoms with Gasteiger partial charge in [-0.3, -0.25) is 32.7 Å². The molecule has 5 rings (SSSR count). The highest BCUT2D eigenvalue weighted by Gasteiger charge is 2.56. The Morgan fingerprint density at radius 1 is 0.844 bits per heavy atom. The van der Waals surface area contributed by atoms with Crippen molar-refractivity contribution in [1.82, 2.24) is 18.3 Å². The van der Waals surface area contributed by atoms with Crippen molar-refractivity contribution in [2.75, 3.05) is 10.6 Å². The van der Waals surface area contributed by atoms with Crippen LogP contribution < -0.4 is 33.1 Å². The van der Waals surface area contributed by atoms with Crippen LogP contribution >= 0.6 is 15.9 Å². The van der Waals surface area contributed by atoms with Gasteiger partial charge in [-0.15, -0.1) is 0 Å². The Balaban J connectivity index is 2.10. The Kier molecular flexibility index (Phi) is 3.92. The zero-order valence-electron chi connectivity index (χ0n) is 17.4. The molecular formula is C20H17BrN6O5. The molecule has 2 aliphatic rings. The summed E-state index contributed by atoms with van der Waals surface area (Å²) >= 11 is 3.40. The number of rotatable bonds is 0. The first kappa shape index (κ1) is 20.2. The second-order valence-corrected chi connectivity index (χ2v) is 8.79. The van der Waals surface area contributed by atoms with Crippen molar-refractivity contribution in [1.29, 1.82) is 0 Å². The van der Waals surface area contributed by atoms with Crippen LogP contribution in [0.3, 0.4) is 0 Å². The lowest BCUT2D eigenvalue weighted by Crippen LogP contribution is -2.56. The van der Waals surface area contributed by atoms with Crippen LogP contribution in [0, 0.1) is 0 Å². The third-order valence-electron chi connectivity index (χ3n) is 6.22. The number of benzene rings is 1. The molecule has 0 bridgehead atoms. The third-order valence-corrected chi connectivity index (χ3v) is 6.71. The topological polar surface area (TPSA) is 129 Å². The van der Waals surface area contributed by atoms with Crippen molar-refractivity contribution in [3.63, 3.8) is 0 Å². The maximum absolute atomic E-state index is 13.5. The van der Waals surface area contributed by atoms with E-state index in [1.54, 1.807) is 18.2 Å². The smallest absolute Gasteiger partial charge is 0.332 e. The lowest BCUT2D eigenvalue weighted by Gasteiger charge is -2.37. The first-order valence-electron chi connectivity index (χ1n) is 9.53. The highest BCUT2D eigenvalue weighted by molar-refractivity contribution is 9.10. The molecule has 11 nitrogen and oxygen atoms in total. The summed E-state index contributed by atoms with van der Waals surface area (Å²) in [5.74, 6) is -0.529. The first-order valence-corrected chi connectivity index (χ1v) is 10.3. The molecule has 0 saturated carbocycles. The highest BCUT2D eigenvalue weighted by atomic mass is 79.9. The number of nitrogens with one attached hydrogen (secondary N) is 2. The summed E-state index contributed by atoms with van der Waals surface area (Å²) < 4.78 is 4.78. The van der Waals surface area contributed by atoms with Crippen molar-refractivity contribution in [3.05, 3.63) is 75.5 Å². The van der Waals surface area contributed by atoms with Crippen LogP contribution in [-0.2, 0) is 38.5 Å². The summed E-state index contributed by atoms with van der Waals surface area (Å²) in [6, 6.07) is 5.09. The van der Waals surface area contributed by atoms with E-state index in [0.29, 0.717) is 15.7 Å². The van der Waals surface area contributed by atoms with Gasteiger partial charge in [0, 0.05) is 43.9 Å². The summed E-state index contributed by atoms with van der Waals surface area (Å²) in [6.45, 7) is 0. The van der Waals surface area contributed by atoms with Gasteiger partial charge < -0.3 is 10.6 Å². The largest absolute Gasteiger partial charge is 0.349 e. The number of fused-ring (bicyclic) bond motifs is 6. The van der Waals surface area contributed by atoms with Gasteiger partial charge in [-0.25, -0.2) is 9.59 Å². The second-order valence-electron chi connectivity index (χ2n) is 7.88. The van der Waals surface area contributed by atoms with E-state index in [2.05, 4.69) is 26.6 Å². The molecule has 2 N–H and O–H groups in total. The number of halogens is 1. The van der Waals surface area contributed by atoms with Crippen molar-refractivity contribution < 1.29 is 4.79 Å². The molecule has 0 aliphatic carbocycles. The van der Waals surface area contributed by atoms with Crippen molar-refractivity contribution in [2.24, 2.45) is 28.2 Å². The van der Waals surface area contributed by atoms with Crippen LogP contribution in [0.15, 0.2) is 41.8 Å². The molecule has 2 aliphatic heterocycles. The standard InChI is InChI=1S/C20H17BrN6O5/c1-24-13-11-14(25(2)19(32)26(3)15(11)28)23-20(12(13)16(29)27(4)18(24)31)9-7-8(21)5-6-10(9)22-17(20)30/h5-7,23H,1-4H3,(H,22,30). The quantitative estimate of drug-likeness (QED) is 0.429.